The number of para-hydroxylation sites is 1. The van der Waals surface area contributed by atoms with Crippen molar-refractivity contribution in [2.24, 2.45) is 0 Å². The third-order valence-corrected chi connectivity index (χ3v) is 8.44. The quantitative estimate of drug-likeness (QED) is 0.320. The number of nitrogens with one attached hydrogen (secondary N) is 2. The Hall–Kier alpha value is -4.67. The van der Waals surface area contributed by atoms with Gasteiger partial charge in [0.25, 0.3) is 5.91 Å². The predicted molar refractivity (Wildman–Crippen MR) is 168 cm³/mol. The summed E-state index contributed by atoms with van der Waals surface area (Å²) >= 11 is 0. The third-order valence-electron chi connectivity index (χ3n) is 8.44. The van der Waals surface area contributed by atoms with Gasteiger partial charge in [0.1, 0.15) is 6.54 Å². The molecule has 234 valence electrons. The summed E-state index contributed by atoms with van der Waals surface area (Å²) in [6, 6.07) is 13.3. The lowest BCUT2D eigenvalue weighted by atomic mass is 9.96. The number of likely N-dealkylation sites (N-methyl/N-ethyl adjacent to an activating group) is 1. The maximum absolute atomic E-state index is 13.6. The molecule has 6 amide bonds. The van der Waals surface area contributed by atoms with Gasteiger partial charge in [-0.15, -0.1) is 0 Å². The maximum Gasteiger partial charge on any atom is 0.322 e. The molecule has 4 rings (SSSR count). The van der Waals surface area contributed by atoms with Gasteiger partial charge in [-0.25, -0.2) is 4.79 Å². The maximum atomic E-state index is 13.6. The number of fused-ring (bicyclic) bond motifs is 1. The lowest BCUT2D eigenvalue weighted by Crippen LogP contribution is -2.51. The number of nitrogens with zero attached hydrogens (tertiary/aromatic N) is 4. The average Bonchev–Trinajstić information content (AvgIpc) is 3.18. The van der Waals surface area contributed by atoms with Crippen molar-refractivity contribution in [2.75, 3.05) is 51.6 Å². The van der Waals surface area contributed by atoms with Crippen molar-refractivity contribution in [3.63, 3.8) is 0 Å². The van der Waals surface area contributed by atoms with E-state index >= 15 is 0 Å². The predicted octanol–water partition coefficient (Wildman–Crippen LogP) is 2.78. The van der Waals surface area contributed by atoms with Crippen LogP contribution >= 0.6 is 0 Å². The Bertz CT molecular complexity index is 1430. The molecule has 0 atom stereocenters. The van der Waals surface area contributed by atoms with Gasteiger partial charge in [0.15, 0.2) is 0 Å². The minimum absolute atomic E-state index is 0.0111. The van der Waals surface area contributed by atoms with E-state index in [1.165, 1.54) is 22.9 Å². The molecule has 2 aromatic carbocycles. The Balaban J connectivity index is 1.43. The highest BCUT2D eigenvalue weighted by molar-refractivity contribution is 6.20. The number of carbonyl (C=O) groups is 5. The fourth-order valence-electron chi connectivity index (χ4n) is 5.69. The Morgan fingerprint density at radius 1 is 1.05 bits per heavy atom. The van der Waals surface area contributed by atoms with Crippen LogP contribution in [0.2, 0.25) is 0 Å². The summed E-state index contributed by atoms with van der Waals surface area (Å²) < 4.78 is 0. The van der Waals surface area contributed by atoms with Crippen LogP contribution in [0.1, 0.15) is 42.0 Å². The number of rotatable bonds is 10. The molecule has 1 fully saturated rings. The van der Waals surface area contributed by atoms with Crippen molar-refractivity contribution in [3.8, 4) is 0 Å². The Kier molecular flexibility index (Phi) is 10.8. The van der Waals surface area contributed by atoms with E-state index in [2.05, 4.69) is 10.6 Å². The normalized spacial score (nSPS) is 15.5. The average molecular weight is 603 g/mol. The molecule has 0 spiro atoms. The zero-order chi connectivity index (χ0) is 31.8. The number of carbonyl (C=O) groups excluding carboxylic acids is 5. The van der Waals surface area contributed by atoms with Crippen LogP contribution in [-0.4, -0.2) is 102 Å². The van der Waals surface area contributed by atoms with Gasteiger partial charge >= 0.3 is 6.03 Å². The van der Waals surface area contributed by atoms with Crippen LogP contribution in [0.4, 0.5) is 10.5 Å². The van der Waals surface area contributed by atoms with Crippen LogP contribution in [0, 0.1) is 13.8 Å². The number of likely N-dealkylation sites (tertiary alicyclic amines) is 1. The van der Waals surface area contributed by atoms with Gasteiger partial charge in [0, 0.05) is 64.6 Å². The van der Waals surface area contributed by atoms with Crippen molar-refractivity contribution in [2.45, 2.75) is 46.1 Å². The number of hydrogen-bond acceptors (Lipinski definition) is 5. The lowest BCUT2D eigenvalue weighted by molar-refractivity contribution is -0.135. The fourth-order valence-corrected chi connectivity index (χ4v) is 5.69. The molecule has 0 unspecified atom stereocenters. The summed E-state index contributed by atoms with van der Waals surface area (Å²) in [5, 5.41) is 5.70. The molecule has 0 bridgehead atoms. The number of urea groups is 1. The topological polar surface area (TPSA) is 122 Å². The molecular weight excluding hydrogens is 560 g/mol. The van der Waals surface area contributed by atoms with Crippen molar-refractivity contribution in [1.29, 1.82) is 0 Å². The summed E-state index contributed by atoms with van der Waals surface area (Å²) in [6.45, 7) is 7.15. The van der Waals surface area contributed by atoms with Gasteiger partial charge in [-0.05, 0) is 61.4 Å². The molecule has 0 saturated carbocycles. The minimum Gasteiger partial charge on any atom is -0.355 e. The van der Waals surface area contributed by atoms with E-state index in [1.54, 1.807) is 11.9 Å². The van der Waals surface area contributed by atoms with Crippen molar-refractivity contribution in [3.05, 3.63) is 70.9 Å². The van der Waals surface area contributed by atoms with E-state index < -0.39 is 0 Å². The first kappa shape index (κ1) is 32.2. The summed E-state index contributed by atoms with van der Waals surface area (Å²) in [7, 11) is 1.63. The lowest BCUT2D eigenvalue weighted by Gasteiger charge is -2.38. The molecule has 11 heteroatoms. The SMILES string of the molecule is CC(=O)NCCN(C)C(=O)/C(=C\N(C=O)CC(=O)N1CCC(N2CCc3ccccc3NC2=O)CC1)c1cccc(C)c1C. The fraction of sp³-hybridized carbons (Fsp3) is 0.424. The van der Waals surface area contributed by atoms with Crippen LogP contribution in [0.5, 0.6) is 0 Å². The van der Waals surface area contributed by atoms with Crippen LogP contribution < -0.4 is 10.6 Å². The third kappa shape index (κ3) is 7.83. The second kappa shape index (κ2) is 14.7. The molecule has 2 aliphatic heterocycles. The zero-order valence-electron chi connectivity index (χ0n) is 26.0. The molecule has 0 aliphatic carbocycles. The summed E-state index contributed by atoms with van der Waals surface area (Å²) in [5.41, 5.74) is 4.77. The van der Waals surface area contributed by atoms with Gasteiger partial charge in [0.05, 0.1) is 5.57 Å². The first-order valence-electron chi connectivity index (χ1n) is 15.0. The van der Waals surface area contributed by atoms with E-state index in [9.17, 15) is 24.0 Å². The number of benzene rings is 2. The summed E-state index contributed by atoms with van der Waals surface area (Å²) in [5.74, 6) is -0.751. The molecule has 0 radical (unpaired) electrons. The van der Waals surface area contributed by atoms with Crippen LogP contribution in [0.3, 0.4) is 0 Å². The Morgan fingerprint density at radius 2 is 1.77 bits per heavy atom. The molecule has 2 heterocycles. The minimum atomic E-state index is -0.331. The first-order chi connectivity index (χ1) is 21.1. The molecule has 2 aliphatic rings. The van der Waals surface area contributed by atoms with Crippen molar-refractivity contribution in [1.82, 2.24) is 24.9 Å². The largest absolute Gasteiger partial charge is 0.355 e. The number of piperidine rings is 1. The molecule has 2 aromatic rings. The summed E-state index contributed by atoms with van der Waals surface area (Å²) in [4.78, 5) is 69.7. The highest BCUT2D eigenvalue weighted by atomic mass is 16.2. The van der Waals surface area contributed by atoms with Crippen molar-refractivity contribution < 1.29 is 24.0 Å². The van der Waals surface area contributed by atoms with Crippen LogP contribution in [0.25, 0.3) is 5.57 Å². The molecule has 0 aromatic heterocycles. The van der Waals surface area contributed by atoms with Crippen LogP contribution in [0.15, 0.2) is 48.7 Å². The zero-order valence-corrected chi connectivity index (χ0v) is 26.0. The highest BCUT2D eigenvalue weighted by Gasteiger charge is 2.31. The van der Waals surface area contributed by atoms with E-state index in [4.69, 9.17) is 0 Å². The standard InChI is InChI=1S/C33H42N6O5/c1-23-8-7-10-28(24(23)2)29(32(43)36(4)19-15-34-25(3)41)20-37(22-40)21-31(42)38-16-13-27(14-17-38)39-18-12-26-9-5-6-11-30(26)35-33(39)44/h5-11,20,22,27H,12-19,21H2,1-4H3,(H,34,41)(H,35,44)/b29-20-. The highest BCUT2D eigenvalue weighted by Crippen LogP contribution is 2.26. The Morgan fingerprint density at radius 3 is 2.48 bits per heavy atom. The molecule has 11 nitrogen and oxygen atoms in total. The van der Waals surface area contributed by atoms with Gasteiger partial charge in [0.2, 0.25) is 18.2 Å². The molecule has 2 N–H and O–H groups in total. The second-order valence-corrected chi connectivity index (χ2v) is 11.4. The van der Waals surface area contributed by atoms with Gasteiger partial charge in [-0.3, -0.25) is 19.2 Å². The van der Waals surface area contributed by atoms with Crippen molar-refractivity contribution >= 4 is 41.4 Å². The first-order valence-corrected chi connectivity index (χ1v) is 15.0. The molecule has 44 heavy (non-hydrogen) atoms. The number of aryl methyl sites for hydroxylation is 1. The molecular formula is C33H42N6O5. The van der Waals surface area contributed by atoms with E-state index in [-0.39, 0.29) is 55.0 Å². The number of amides is 6. The summed E-state index contributed by atoms with van der Waals surface area (Å²) in [6.07, 6.45) is 4.03. The number of anilines is 1. The number of hydrogen-bond donors (Lipinski definition) is 2. The Labute approximate surface area is 258 Å². The van der Waals surface area contributed by atoms with Crippen LogP contribution in [-0.2, 0) is 25.6 Å². The monoisotopic (exact) mass is 602 g/mol. The van der Waals surface area contributed by atoms with E-state index in [1.807, 2.05) is 61.2 Å². The van der Waals surface area contributed by atoms with E-state index in [0.29, 0.717) is 44.4 Å². The smallest absolute Gasteiger partial charge is 0.322 e. The van der Waals surface area contributed by atoms with E-state index in [0.717, 1.165) is 28.8 Å². The van der Waals surface area contributed by atoms with Gasteiger partial charge in [-0.2, -0.15) is 0 Å². The molecule has 1 saturated heterocycles. The van der Waals surface area contributed by atoms with Gasteiger partial charge < -0.3 is 30.2 Å². The van der Waals surface area contributed by atoms with Gasteiger partial charge in [-0.1, -0.05) is 36.4 Å². The second-order valence-electron chi connectivity index (χ2n) is 11.4.